The van der Waals surface area contributed by atoms with Gasteiger partial charge in [0.25, 0.3) is 0 Å². The number of rotatable bonds is 7. The van der Waals surface area contributed by atoms with Gasteiger partial charge in [-0.25, -0.2) is 4.79 Å². The molecule has 1 unspecified atom stereocenters. The average molecular weight is 429 g/mol. The number of nitrogens with zero attached hydrogens (tertiary/aromatic N) is 1. The molecule has 0 bridgehead atoms. The first-order valence-electron chi connectivity index (χ1n) is 8.43. The van der Waals surface area contributed by atoms with E-state index in [0.29, 0.717) is 20.6 Å². The second-order valence-electron chi connectivity index (χ2n) is 5.98. The highest BCUT2D eigenvalue weighted by Crippen LogP contribution is 2.23. The second kappa shape index (κ2) is 9.98. The average Bonchev–Trinajstić information content (AvgIpc) is 2.63. The third kappa shape index (κ3) is 5.86. The van der Waals surface area contributed by atoms with Gasteiger partial charge < -0.3 is 9.64 Å². The summed E-state index contributed by atoms with van der Waals surface area (Å²) in [5.74, 6) is -0.736. The molecule has 4 nitrogen and oxygen atoms in total. The minimum atomic E-state index is -0.788. The Bertz CT molecular complexity index is 826. The molecular formula is C20H20Cl3NO3. The van der Waals surface area contributed by atoms with Crippen molar-refractivity contribution in [1.82, 2.24) is 4.90 Å². The van der Waals surface area contributed by atoms with Gasteiger partial charge in [-0.15, -0.1) is 0 Å². The lowest BCUT2D eigenvalue weighted by Crippen LogP contribution is -2.45. The number of hydrogen-bond acceptors (Lipinski definition) is 3. The number of esters is 1. The van der Waals surface area contributed by atoms with Crippen LogP contribution < -0.4 is 0 Å². The molecule has 0 spiro atoms. The normalized spacial score (nSPS) is 11.7. The van der Waals surface area contributed by atoms with E-state index < -0.39 is 12.0 Å². The predicted molar refractivity (Wildman–Crippen MR) is 109 cm³/mol. The Balaban J connectivity index is 2.21. The van der Waals surface area contributed by atoms with Crippen molar-refractivity contribution in [2.45, 2.75) is 25.8 Å². The maximum absolute atomic E-state index is 12.8. The summed E-state index contributed by atoms with van der Waals surface area (Å²) in [6.07, 6.45) is 0.306. The standard InChI is InChI=1S/C20H20Cl3NO3/c1-3-27-20(26)18(10-13-6-4-5-7-16(13)22)24(2)19(25)11-14-8-9-15(21)12-17(14)23/h4-9,12,18H,3,10-11H2,1-2H3. The Labute approximate surface area is 174 Å². The third-order valence-corrected chi connectivity index (χ3v) is 5.10. The first-order valence-corrected chi connectivity index (χ1v) is 9.56. The van der Waals surface area contributed by atoms with Crippen molar-refractivity contribution >= 4 is 46.7 Å². The lowest BCUT2D eigenvalue weighted by atomic mass is 10.0. The monoisotopic (exact) mass is 427 g/mol. The number of halogens is 3. The molecule has 2 aromatic carbocycles. The molecule has 2 rings (SSSR count). The first-order chi connectivity index (χ1) is 12.8. The van der Waals surface area contributed by atoms with Gasteiger partial charge in [0.15, 0.2) is 0 Å². The fraction of sp³-hybridized carbons (Fsp3) is 0.300. The van der Waals surface area contributed by atoms with Crippen LogP contribution in [0.2, 0.25) is 15.1 Å². The summed E-state index contributed by atoms with van der Waals surface area (Å²) in [6, 6.07) is 11.4. The minimum Gasteiger partial charge on any atom is -0.464 e. The van der Waals surface area contributed by atoms with Crippen LogP contribution in [0.15, 0.2) is 42.5 Å². The molecule has 0 aliphatic carbocycles. The number of carbonyl (C=O) groups is 2. The summed E-state index contributed by atoms with van der Waals surface area (Å²) < 4.78 is 5.16. The Kier molecular flexibility index (Phi) is 7.96. The quantitative estimate of drug-likeness (QED) is 0.594. The van der Waals surface area contributed by atoms with Crippen molar-refractivity contribution in [2.24, 2.45) is 0 Å². The van der Waals surface area contributed by atoms with Crippen LogP contribution in [-0.2, 0) is 27.2 Å². The van der Waals surface area contributed by atoms with Gasteiger partial charge in [0, 0.05) is 28.5 Å². The molecule has 7 heteroatoms. The number of likely N-dealkylation sites (N-methyl/N-ethyl adjacent to an activating group) is 1. The number of carbonyl (C=O) groups excluding carboxylic acids is 2. The van der Waals surface area contributed by atoms with Gasteiger partial charge in [0.2, 0.25) is 5.91 Å². The van der Waals surface area contributed by atoms with E-state index in [2.05, 4.69) is 0 Å². The molecule has 0 aliphatic rings. The molecule has 144 valence electrons. The van der Waals surface area contributed by atoms with Crippen molar-refractivity contribution in [3.8, 4) is 0 Å². The maximum atomic E-state index is 12.8. The van der Waals surface area contributed by atoms with E-state index in [9.17, 15) is 9.59 Å². The van der Waals surface area contributed by atoms with Gasteiger partial charge >= 0.3 is 5.97 Å². The van der Waals surface area contributed by atoms with Crippen molar-refractivity contribution in [2.75, 3.05) is 13.7 Å². The molecule has 2 aromatic rings. The molecule has 0 aromatic heterocycles. The van der Waals surface area contributed by atoms with Crippen LogP contribution in [0.5, 0.6) is 0 Å². The number of benzene rings is 2. The van der Waals surface area contributed by atoms with Gasteiger partial charge in [0.05, 0.1) is 13.0 Å². The van der Waals surface area contributed by atoms with Crippen LogP contribution >= 0.6 is 34.8 Å². The molecule has 0 heterocycles. The first kappa shape index (κ1) is 21.5. The number of ether oxygens (including phenoxy) is 1. The Morgan fingerprint density at radius 1 is 1.04 bits per heavy atom. The lowest BCUT2D eigenvalue weighted by molar-refractivity contribution is -0.153. The Morgan fingerprint density at radius 2 is 1.74 bits per heavy atom. The third-order valence-electron chi connectivity index (χ3n) is 4.15. The summed E-state index contributed by atoms with van der Waals surface area (Å²) in [5.41, 5.74) is 1.40. The van der Waals surface area contributed by atoms with Crippen LogP contribution in [-0.4, -0.2) is 36.5 Å². The summed E-state index contributed by atoms with van der Waals surface area (Å²) in [5, 5.41) is 1.43. The van der Waals surface area contributed by atoms with Gasteiger partial charge in [-0.3, -0.25) is 4.79 Å². The molecule has 1 amide bonds. The SMILES string of the molecule is CCOC(=O)C(Cc1ccccc1Cl)N(C)C(=O)Cc1ccc(Cl)cc1Cl. The molecular weight excluding hydrogens is 409 g/mol. The molecule has 0 aliphatic heterocycles. The Hall–Kier alpha value is -1.75. The topological polar surface area (TPSA) is 46.6 Å². The van der Waals surface area contributed by atoms with Crippen LogP contribution in [0, 0.1) is 0 Å². The zero-order valence-electron chi connectivity index (χ0n) is 15.0. The predicted octanol–water partition coefficient (Wildman–Crippen LogP) is 4.82. The largest absolute Gasteiger partial charge is 0.464 e. The van der Waals surface area contributed by atoms with E-state index in [1.807, 2.05) is 18.2 Å². The number of amides is 1. The van der Waals surface area contributed by atoms with E-state index in [1.165, 1.54) is 4.90 Å². The highest BCUT2D eigenvalue weighted by molar-refractivity contribution is 6.35. The molecule has 1 atom stereocenters. The van der Waals surface area contributed by atoms with Gasteiger partial charge in [-0.1, -0.05) is 59.1 Å². The smallest absolute Gasteiger partial charge is 0.329 e. The number of hydrogen-bond donors (Lipinski definition) is 0. The summed E-state index contributed by atoms with van der Waals surface area (Å²) in [6.45, 7) is 1.95. The molecule has 27 heavy (non-hydrogen) atoms. The van der Waals surface area contributed by atoms with Crippen LogP contribution in [0.1, 0.15) is 18.1 Å². The highest BCUT2D eigenvalue weighted by atomic mass is 35.5. The van der Waals surface area contributed by atoms with Crippen molar-refractivity contribution in [3.05, 3.63) is 68.7 Å². The van der Waals surface area contributed by atoms with E-state index >= 15 is 0 Å². The molecule has 0 saturated heterocycles. The second-order valence-corrected chi connectivity index (χ2v) is 7.23. The minimum absolute atomic E-state index is 0.0466. The zero-order chi connectivity index (χ0) is 20.0. The summed E-state index contributed by atoms with van der Waals surface area (Å²) in [4.78, 5) is 26.6. The van der Waals surface area contributed by atoms with E-state index in [1.54, 1.807) is 38.2 Å². The summed E-state index contributed by atoms with van der Waals surface area (Å²) >= 11 is 18.3. The molecule has 0 saturated carbocycles. The van der Waals surface area contributed by atoms with Crippen molar-refractivity contribution < 1.29 is 14.3 Å². The van der Waals surface area contributed by atoms with Gasteiger partial charge in [0.1, 0.15) is 6.04 Å². The maximum Gasteiger partial charge on any atom is 0.329 e. The van der Waals surface area contributed by atoms with Gasteiger partial charge in [-0.05, 0) is 36.2 Å². The lowest BCUT2D eigenvalue weighted by Gasteiger charge is -2.27. The molecule has 0 radical (unpaired) electrons. The Morgan fingerprint density at radius 3 is 2.37 bits per heavy atom. The highest BCUT2D eigenvalue weighted by Gasteiger charge is 2.29. The van der Waals surface area contributed by atoms with Gasteiger partial charge in [-0.2, -0.15) is 0 Å². The fourth-order valence-corrected chi connectivity index (χ4v) is 3.30. The van der Waals surface area contributed by atoms with Crippen molar-refractivity contribution in [3.63, 3.8) is 0 Å². The fourth-order valence-electron chi connectivity index (χ4n) is 2.62. The van der Waals surface area contributed by atoms with Crippen LogP contribution in [0.3, 0.4) is 0 Å². The van der Waals surface area contributed by atoms with Crippen LogP contribution in [0.4, 0.5) is 0 Å². The van der Waals surface area contributed by atoms with Crippen molar-refractivity contribution in [1.29, 1.82) is 0 Å². The van der Waals surface area contributed by atoms with E-state index in [0.717, 1.165) is 5.56 Å². The molecule has 0 N–H and O–H groups in total. The van der Waals surface area contributed by atoms with Crippen LogP contribution in [0.25, 0.3) is 0 Å². The molecule has 0 fully saturated rings. The zero-order valence-corrected chi connectivity index (χ0v) is 17.3. The van der Waals surface area contributed by atoms with E-state index in [-0.39, 0.29) is 25.4 Å². The van der Waals surface area contributed by atoms with E-state index in [4.69, 9.17) is 39.5 Å². The summed E-state index contributed by atoms with van der Waals surface area (Å²) in [7, 11) is 1.57.